The summed E-state index contributed by atoms with van der Waals surface area (Å²) in [5, 5.41) is 12.2. The van der Waals surface area contributed by atoms with Gasteiger partial charge in [0.05, 0.1) is 6.07 Å². The molecular weight excluding hydrogens is 284 g/mol. The molecule has 126 valence electrons. The fourth-order valence-electron chi connectivity index (χ4n) is 5.13. The summed E-state index contributed by atoms with van der Waals surface area (Å²) in [4.78, 5) is 12.2. The minimum Gasteiger partial charge on any atom is -0.350 e. The van der Waals surface area contributed by atoms with Gasteiger partial charge in [0.25, 0.3) is 0 Å². The summed E-state index contributed by atoms with van der Waals surface area (Å²) < 4.78 is 0. The van der Waals surface area contributed by atoms with Crippen molar-refractivity contribution < 1.29 is 4.79 Å². The molecule has 3 aliphatic carbocycles. The Morgan fingerprint density at radius 1 is 1.00 bits per heavy atom. The molecule has 3 heteroatoms. The van der Waals surface area contributed by atoms with Crippen LogP contribution in [0.1, 0.15) is 70.6 Å². The van der Waals surface area contributed by atoms with Gasteiger partial charge in [-0.1, -0.05) is 44.6 Å². The van der Waals surface area contributed by atoms with Crippen LogP contribution in [0.3, 0.4) is 0 Å². The molecule has 1 N–H and O–H groups in total. The highest BCUT2D eigenvalue weighted by Gasteiger charge is 2.33. The van der Waals surface area contributed by atoms with Crippen LogP contribution in [-0.2, 0) is 4.79 Å². The number of amides is 1. The SMILES string of the molecule is N#CC1CCCC(NC(=O)/C=C/C2CCCC3CCCCC23)C1. The Hall–Kier alpha value is -1.30. The standard InChI is InChI=1S/C20H30N2O/c21-14-15-5-3-9-18(13-15)22-20(23)12-11-17-8-4-7-16-6-1-2-10-19(16)17/h11-12,15-19H,1-10,13H2,(H,22,23)/b12-11+. The number of nitriles is 1. The summed E-state index contributed by atoms with van der Waals surface area (Å²) in [6.45, 7) is 0. The third kappa shape index (κ3) is 4.37. The van der Waals surface area contributed by atoms with Gasteiger partial charge < -0.3 is 5.32 Å². The van der Waals surface area contributed by atoms with E-state index in [-0.39, 0.29) is 17.9 Å². The summed E-state index contributed by atoms with van der Waals surface area (Å²) in [6.07, 6.45) is 17.4. The predicted molar refractivity (Wildman–Crippen MR) is 91.4 cm³/mol. The third-order valence-corrected chi connectivity index (χ3v) is 6.33. The number of hydrogen-bond acceptors (Lipinski definition) is 2. The summed E-state index contributed by atoms with van der Waals surface area (Å²) in [6, 6.07) is 2.55. The number of fused-ring (bicyclic) bond motifs is 1. The Bertz CT molecular complexity index is 477. The number of carbonyl (C=O) groups excluding carboxylic acids is 1. The van der Waals surface area contributed by atoms with Crippen molar-refractivity contribution >= 4 is 5.91 Å². The molecule has 3 fully saturated rings. The van der Waals surface area contributed by atoms with E-state index in [2.05, 4.69) is 17.5 Å². The first-order valence-corrected chi connectivity index (χ1v) is 9.64. The van der Waals surface area contributed by atoms with Crippen LogP contribution in [0.25, 0.3) is 0 Å². The molecular formula is C20H30N2O. The van der Waals surface area contributed by atoms with E-state index in [9.17, 15) is 4.79 Å². The minimum absolute atomic E-state index is 0.0477. The van der Waals surface area contributed by atoms with Gasteiger partial charge in [-0.05, 0) is 55.9 Å². The van der Waals surface area contributed by atoms with Crippen molar-refractivity contribution in [1.29, 1.82) is 5.26 Å². The maximum atomic E-state index is 12.2. The van der Waals surface area contributed by atoms with Gasteiger partial charge in [0.15, 0.2) is 0 Å². The fourth-order valence-corrected chi connectivity index (χ4v) is 5.13. The lowest BCUT2D eigenvalue weighted by Crippen LogP contribution is -2.37. The Balaban J connectivity index is 1.50. The third-order valence-electron chi connectivity index (χ3n) is 6.33. The van der Waals surface area contributed by atoms with Crippen LogP contribution < -0.4 is 5.32 Å². The number of rotatable bonds is 3. The molecule has 0 aromatic rings. The van der Waals surface area contributed by atoms with E-state index in [4.69, 9.17) is 5.26 Å². The lowest BCUT2D eigenvalue weighted by molar-refractivity contribution is -0.117. The van der Waals surface area contributed by atoms with E-state index in [1.807, 2.05) is 0 Å². The van der Waals surface area contributed by atoms with Crippen LogP contribution in [0.4, 0.5) is 0 Å². The number of nitrogens with one attached hydrogen (secondary N) is 1. The Labute approximate surface area is 140 Å². The first-order chi connectivity index (χ1) is 11.3. The number of nitrogens with zero attached hydrogens (tertiary/aromatic N) is 1. The molecule has 3 saturated carbocycles. The van der Waals surface area contributed by atoms with Crippen molar-refractivity contribution in [3.8, 4) is 6.07 Å². The van der Waals surface area contributed by atoms with Crippen LogP contribution in [0, 0.1) is 35.0 Å². The van der Waals surface area contributed by atoms with Crippen molar-refractivity contribution in [3.63, 3.8) is 0 Å². The average molecular weight is 314 g/mol. The maximum Gasteiger partial charge on any atom is 0.243 e. The Morgan fingerprint density at radius 3 is 2.65 bits per heavy atom. The zero-order chi connectivity index (χ0) is 16.1. The highest BCUT2D eigenvalue weighted by atomic mass is 16.1. The first-order valence-electron chi connectivity index (χ1n) is 9.64. The van der Waals surface area contributed by atoms with Gasteiger partial charge in [-0.2, -0.15) is 5.26 Å². The fraction of sp³-hybridized carbons (Fsp3) is 0.800. The second kappa shape index (κ2) is 7.99. The van der Waals surface area contributed by atoms with Gasteiger partial charge in [0, 0.05) is 12.0 Å². The van der Waals surface area contributed by atoms with Crippen molar-refractivity contribution in [2.45, 2.75) is 76.7 Å². The van der Waals surface area contributed by atoms with Crippen LogP contribution >= 0.6 is 0 Å². The molecule has 5 unspecified atom stereocenters. The molecule has 0 aromatic carbocycles. The number of hydrogen-bond donors (Lipinski definition) is 1. The molecule has 0 aliphatic heterocycles. The van der Waals surface area contributed by atoms with Crippen LogP contribution in [0.15, 0.2) is 12.2 Å². The average Bonchev–Trinajstić information content (AvgIpc) is 2.60. The molecule has 0 bridgehead atoms. The molecule has 0 spiro atoms. The lowest BCUT2D eigenvalue weighted by Gasteiger charge is -2.40. The number of allylic oxidation sites excluding steroid dienone is 1. The molecule has 0 saturated heterocycles. The van der Waals surface area contributed by atoms with Crippen LogP contribution in [0.5, 0.6) is 0 Å². The highest BCUT2D eigenvalue weighted by molar-refractivity contribution is 5.87. The predicted octanol–water partition coefficient (Wildman–Crippen LogP) is 4.35. The van der Waals surface area contributed by atoms with E-state index >= 15 is 0 Å². The van der Waals surface area contributed by atoms with Crippen molar-refractivity contribution in [1.82, 2.24) is 5.32 Å². The van der Waals surface area contributed by atoms with E-state index in [1.54, 1.807) is 6.08 Å². The Kier molecular flexibility index (Phi) is 5.75. The molecule has 3 aliphatic rings. The maximum absolute atomic E-state index is 12.2. The topological polar surface area (TPSA) is 52.9 Å². The molecule has 0 aromatic heterocycles. The molecule has 23 heavy (non-hydrogen) atoms. The van der Waals surface area contributed by atoms with E-state index < -0.39 is 0 Å². The van der Waals surface area contributed by atoms with Crippen molar-refractivity contribution in [3.05, 3.63) is 12.2 Å². The first kappa shape index (κ1) is 16.6. The zero-order valence-corrected chi connectivity index (χ0v) is 14.2. The largest absolute Gasteiger partial charge is 0.350 e. The second-order valence-electron chi connectivity index (χ2n) is 7.86. The van der Waals surface area contributed by atoms with E-state index in [0.717, 1.165) is 37.5 Å². The van der Waals surface area contributed by atoms with Crippen molar-refractivity contribution in [2.24, 2.45) is 23.7 Å². The minimum atomic E-state index is 0.0477. The monoisotopic (exact) mass is 314 g/mol. The van der Waals surface area contributed by atoms with Gasteiger partial charge in [-0.15, -0.1) is 0 Å². The van der Waals surface area contributed by atoms with Gasteiger partial charge in [0.1, 0.15) is 0 Å². The quantitative estimate of drug-likeness (QED) is 0.787. The normalized spacial score (nSPS) is 37.8. The lowest BCUT2D eigenvalue weighted by atomic mass is 9.65. The molecule has 1 amide bonds. The summed E-state index contributed by atoms with van der Waals surface area (Å²) in [5.41, 5.74) is 0. The molecule has 0 heterocycles. The van der Waals surface area contributed by atoms with Gasteiger partial charge in [-0.3, -0.25) is 4.79 Å². The zero-order valence-electron chi connectivity index (χ0n) is 14.2. The number of carbonyl (C=O) groups is 1. The Morgan fingerprint density at radius 2 is 1.78 bits per heavy atom. The van der Waals surface area contributed by atoms with Crippen LogP contribution in [0.2, 0.25) is 0 Å². The van der Waals surface area contributed by atoms with Gasteiger partial charge in [-0.25, -0.2) is 0 Å². The van der Waals surface area contributed by atoms with Gasteiger partial charge in [0.2, 0.25) is 5.91 Å². The van der Waals surface area contributed by atoms with E-state index in [1.165, 1.54) is 44.9 Å². The summed E-state index contributed by atoms with van der Waals surface area (Å²) in [7, 11) is 0. The second-order valence-corrected chi connectivity index (χ2v) is 7.86. The molecule has 3 rings (SSSR count). The highest BCUT2D eigenvalue weighted by Crippen LogP contribution is 2.44. The molecule has 0 radical (unpaired) electrons. The van der Waals surface area contributed by atoms with Crippen molar-refractivity contribution in [2.75, 3.05) is 0 Å². The van der Waals surface area contributed by atoms with Gasteiger partial charge >= 0.3 is 0 Å². The summed E-state index contributed by atoms with van der Waals surface area (Å²) >= 11 is 0. The molecule has 3 nitrogen and oxygen atoms in total. The smallest absolute Gasteiger partial charge is 0.243 e. The van der Waals surface area contributed by atoms with E-state index in [0.29, 0.717) is 5.92 Å². The molecule has 5 atom stereocenters. The van der Waals surface area contributed by atoms with Crippen LogP contribution in [-0.4, -0.2) is 11.9 Å². The summed E-state index contributed by atoms with van der Waals surface area (Å²) in [5.74, 6) is 2.51.